The van der Waals surface area contributed by atoms with Crippen LogP contribution in [0.1, 0.15) is 13.3 Å². The Labute approximate surface area is 114 Å². The van der Waals surface area contributed by atoms with Gasteiger partial charge in [-0.2, -0.15) is 8.78 Å². The molecule has 1 rings (SSSR count). The predicted octanol–water partition coefficient (Wildman–Crippen LogP) is 2.58. The van der Waals surface area contributed by atoms with E-state index in [4.69, 9.17) is 0 Å². The van der Waals surface area contributed by atoms with Crippen molar-refractivity contribution in [3.8, 4) is 0 Å². The summed E-state index contributed by atoms with van der Waals surface area (Å²) >= 11 is 1.78. The number of nitro groups is 1. The fourth-order valence-corrected chi connectivity index (χ4v) is 1.46. The van der Waals surface area contributed by atoms with Crippen LogP contribution in [0.5, 0.6) is 0 Å². The molecule has 0 atom stereocenters. The van der Waals surface area contributed by atoms with Crippen LogP contribution in [-0.2, 0) is 4.79 Å². The summed E-state index contributed by atoms with van der Waals surface area (Å²) in [4.78, 5) is 24.7. The molecule has 0 saturated heterocycles. The second-order valence-corrected chi connectivity index (χ2v) is 4.54. The minimum atomic E-state index is -3.58. The number of alkyl halides is 2. The lowest BCUT2D eigenvalue weighted by Crippen LogP contribution is -2.34. The molecular weight excluding hydrogens is 363 g/mol. The van der Waals surface area contributed by atoms with Crippen LogP contribution in [0, 0.1) is 13.7 Å². The Hall–Kier alpha value is -1.39. The third kappa shape index (κ3) is 3.31. The van der Waals surface area contributed by atoms with Gasteiger partial charge in [-0.05, 0) is 22.6 Å². The normalized spacial score (nSPS) is 11.1. The Kier molecular flexibility index (Phi) is 4.48. The summed E-state index contributed by atoms with van der Waals surface area (Å²) in [6.07, 6.45) is 0.532. The molecule has 0 bridgehead atoms. The van der Waals surface area contributed by atoms with Crippen molar-refractivity contribution in [3.63, 3.8) is 0 Å². The highest BCUT2D eigenvalue weighted by atomic mass is 127. The van der Waals surface area contributed by atoms with Gasteiger partial charge in [0.1, 0.15) is 0 Å². The molecule has 6 nitrogen and oxygen atoms in total. The van der Waals surface area contributed by atoms with E-state index in [0.717, 1.165) is 13.0 Å². The maximum Gasteiger partial charge on any atom is 0.324 e. The second-order valence-electron chi connectivity index (χ2n) is 3.29. The number of pyridine rings is 1. The molecule has 0 saturated carbocycles. The van der Waals surface area contributed by atoms with E-state index >= 15 is 0 Å². The first kappa shape index (κ1) is 14.7. The van der Waals surface area contributed by atoms with Crippen LogP contribution in [0.2, 0.25) is 0 Å². The highest BCUT2D eigenvalue weighted by Crippen LogP contribution is 2.26. The van der Waals surface area contributed by atoms with Gasteiger partial charge in [0.15, 0.2) is 0 Å². The Morgan fingerprint density at radius 2 is 2.28 bits per heavy atom. The smallest absolute Gasteiger partial charge is 0.300 e. The third-order valence-corrected chi connectivity index (χ3v) is 2.63. The number of halogens is 3. The first-order valence-electron chi connectivity index (χ1n) is 4.77. The zero-order valence-corrected chi connectivity index (χ0v) is 11.3. The van der Waals surface area contributed by atoms with Gasteiger partial charge in [0.2, 0.25) is 5.82 Å². The predicted molar refractivity (Wildman–Crippen MR) is 67.5 cm³/mol. The van der Waals surface area contributed by atoms with Crippen LogP contribution in [0.3, 0.4) is 0 Å². The van der Waals surface area contributed by atoms with Crippen molar-refractivity contribution in [2.24, 2.45) is 0 Å². The number of rotatable bonds is 4. The van der Waals surface area contributed by atoms with Crippen LogP contribution in [0.25, 0.3) is 0 Å². The van der Waals surface area contributed by atoms with Crippen molar-refractivity contribution in [1.29, 1.82) is 0 Å². The summed E-state index contributed by atoms with van der Waals surface area (Å²) in [6, 6.07) is 1.13. The number of nitrogens with one attached hydrogen (secondary N) is 1. The molecule has 1 amide bonds. The first-order chi connectivity index (χ1) is 8.27. The summed E-state index contributed by atoms with van der Waals surface area (Å²) < 4.78 is 26.5. The van der Waals surface area contributed by atoms with Crippen LogP contribution in [0.4, 0.5) is 20.3 Å². The molecule has 0 aliphatic heterocycles. The standard InChI is InChI=1S/C9H8F2IN3O3/c1-2-9(10,11)8(16)14-7-6(15(17)18)3-5(12)4-13-7/h3-4H,2H2,1H3,(H,13,14,16). The molecule has 0 aliphatic rings. The minimum Gasteiger partial charge on any atom is -0.300 e. The van der Waals surface area contributed by atoms with E-state index in [1.54, 1.807) is 27.9 Å². The van der Waals surface area contributed by atoms with Gasteiger partial charge in [0.25, 0.3) is 5.91 Å². The quantitative estimate of drug-likeness (QED) is 0.501. The molecule has 0 fully saturated rings. The Bertz CT molecular complexity index is 496. The molecule has 18 heavy (non-hydrogen) atoms. The van der Waals surface area contributed by atoms with E-state index in [1.807, 2.05) is 0 Å². The monoisotopic (exact) mass is 371 g/mol. The number of aromatic nitrogens is 1. The number of carbonyl (C=O) groups is 1. The van der Waals surface area contributed by atoms with Gasteiger partial charge < -0.3 is 0 Å². The van der Waals surface area contributed by atoms with E-state index in [2.05, 4.69) is 4.98 Å². The van der Waals surface area contributed by atoms with Crippen molar-refractivity contribution in [1.82, 2.24) is 4.98 Å². The zero-order valence-electron chi connectivity index (χ0n) is 9.11. The fourth-order valence-electron chi connectivity index (χ4n) is 1.02. The average molecular weight is 371 g/mol. The van der Waals surface area contributed by atoms with Crippen LogP contribution < -0.4 is 5.32 Å². The third-order valence-electron chi connectivity index (χ3n) is 2.04. The van der Waals surface area contributed by atoms with Gasteiger partial charge in [0.05, 0.1) is 4.92 Å². The first-order valence-corrected chi connectivity index (χ1v) is 5.85. The number of hydrogen-bond donors (Lipinski definition) is 1. The summed E-state index contributed by atoms with van der Waals surface area (Å²) in [7, 11) is 0. The van der Waals surface area contributed by atoms with Gasteiger partial charge >= 0.3 is 11.6 Å². The van der Waals surface area contributed by atoms with Crippen molar-refractivity contribution in [3.05, 3.63) is 25.9 Å². The van der Waals surface area contributed by atoms with Gasteiger partial charge in [-0.1, -0.05) is 6.92 Å². The van der Waals surface area contributed by atoms with Gasteiger partial charge in [0, 0.05) is 22.3 Å². The molecule has 9 heteroatoms. The summed E-state index contributed by atoms with van der Waals surface area (Å²) in [6.45, 7) is 1.13. The molecule has 1 heterocycles. The van der Waals surface area contributed by atoms with Gasteiger partial charge in [-0.3, -0.25) is 20.2 Å². The molecule has 0 aromatic carbocycles. The number of carbonyl (C=O) groups excluding carboxylic acids is 1. The van der Waals surface area contributed by atoms with Gasteiger partial charge in [-0.25, -0.2) is 4.98 Å². The maximum atomic E-state index is 13.0. The van der Waals surface area contributed by atoms with Gasteiger partial charge in [-0.15, -0.1) is 0 Å². The number of anilines is 1. The second kappa shape index (κ2) is 5.50. The SMILES string of the molecule is CCC(F)(F)C(=O)Nc1ncc(I)cc1[N+](=O)[O-]. The van der Waals surface area contributed by atoms with E-state index in [-0.39, 0.29) is 0 Å². The number of amides is 1. The Balaban J connectivity index is 3.05. The maximum absolute atomic E-state index is 13.0. The van der Waals surface area contributed by atoms with Crippen molar-refractivity contribution >= 4 is 40.0 Å². The summed E-state index contributed by atoms with van der Waals surface area (Å²) in [5.41, 5.74) is -0.526. The van der Waals surface area contributed by atoms with Crippen molar-refractivity contribution in [2.45, 2.75) is 19.3 Å². The van der Waals surface area contributed by atoms with Crippen LogP contribution in [-0.4, -0.2) is 21.7 Å². The molecular formula is C9H8F2IN3O3. The largest absolute Gasteiger partial charge is 0.324 e. The highest BCUT2D eigenvalue weighted by molar-refractivity contribution is 14.1. The number of hydrogen-bond acceptors (Lipinski definition) is 4. The van der Waals surface area contributed by atoms with Crippen molar-refractivity contribution < 1.29 is 18.5 Å². The summed E-state index contributed by atoms with van der Waals surface area (Å²) in [5, 5.41) is 12.5. The van der Waals surface area contributed by atoms with Crippen molar-refractivity contribution in [2.75, 3.05) is 5.32 Å². The highest BCUT2D eigenvalue weighted by Gasteiger charge is 2.37. The minimum absolute atomic E-state index is 0.458. The van der Waals surface area contributed by atoms with E-state index < -0.39 is 34.7 Å². The van der Waals surface area contributed by atoms with Crippen LogP contribution >= 0.6 is 22.6 Å². The molecule has 0 spiro atoms. The molecule has 0 aliphatic carbocycles. The zero-order chi connectivity index (χ0) is 13.9. The molecule has 0 unspecified atom stereocenters. The van der Waals surface area contributed by atoms with Crippen LogP contribution in [0.15, 0.2) is 12.3 Å². The molecule has 1 N–H and O–H groups in total. The van der Waals surface area contributed by atoms with E-state index in [9.17, 15) is 23.7 Å². The topological polar surface area (TPSA) is 85.1 Å². The van der Waals surface area contributed by atoms with E-state index in [0.29, 0.717) is 3.57 Å². The Morgan fingerprint density at radius 3 is 2.78 bits per heavy atom. The molecule has 98 valence electrons. The van der Waals surface area contributed by atoms with E-state index in [1.165, 1.54) is 6.20 Å². The Morgan fingerprint density at radius 1 is 1.67 bits per heavy atom. The molecule has 0 radical (unpaired) electrons. The number of nitrogens with zero attached hydrogens (tertiary/aromatic N) is 2. The molecule has 1 aromatic heterocycles. The lowest BCUT2D eigenvalue weighted by molar-refractivity contribution is -0.384. The average Bonchev–Trinajstić information content (AvgIpc) is 2.31. The summed E-state index contributed by atoms with van der Waals surface area (Å²) in [5.74, 6) is -5.68. The molecule has 1 aromatic rings. The lowest BCUT2D eigenvalue weighted by Gasteiger charge is -2.13. The lowest BCUT2D eigenvalue weighted by atomic mass is 10.2. The fraction of sp³-hybridized carbons (Fsp3) is 0.333.